The lowest BCUT2D eigenvalue weighted by molar-refractivity contribution is -0.137. The summed E-state index contributed by atoms with van der Waals surface area (Å²) in [5.74, 6) is -1.86. The molecule has 5 rings (SSSR count). The van der Waals surface area contributed by atoms with E-state index in [0.717, 1.165) is 30.3 Å². The van der Waals surface area contributed by atoms with Crippen molar-refractivity contribution in [1.82, 2.24) is 15.6 Å². The third-order valence-electron chi connectivity index (χ3n) is 6.41. The Kier molecular flexibility index (Phi) is 6.81. The van der Waals surface area contributed by atoms with Crippen LogP contribution in [0.1, 0.15) is 29.3 Å². The van der Waals surface area contributed by atoms with E-state index >= 15 is 0 Å². The number of halogens is 4. The summed E-state index contributed by atoms with van der Waals surface area (Å²) in [4.78, 5) is 16.8. The highest BCUT2D eigenvalue weighted by atomic mass is 32.2. The second-order valence-electron chi connectivity index (χ2n) is 9.00. The number of aromatic hydroxyl groups is 1. The van der Waals surface area contributed by atoms with Gasteiger partial charge in [0, 0.05) is 28.8 Å². The van der Waals surface area contributed by atoms with Crippen LogP contribution in [-0.2, 0) is 20.8 Å². The van der Waals surface area contributed by atoms with E-state index in [1.165, 1.54) is 24.3 Å². The molecule has 0 spiro atoms. The summed E-state index contributed by atoms with van der Waals surface area (Å²) in [5, 5.41) is 14.3. The van der Waals surface area contributed by atoms with Crippen molar-refractivity contribution in [2.75, 3.05) is 6.54 Å². The maximum absolute atomic E-state index is 13.8. The molecule has 1 aliphatic heterocycles. The molecule has 4 aromatic rings. The van der Waals surface area contributed by atoms with Crippen molar-refractivity contribution < 1.29 is 40.3 Å². The van der Waals surface area contributed by atoms with E-state index in [9.17, 15) is 35.9 Å². The van der Waals surface area contributed by atoms with Crippen molar-refractivity contribution in [2.45, 2.75) is 35.5 Å². The Labute approximate surface area is 219 Å². The smallest absolute Gasteiger partial charge is 0.417 e. The number of aromatic nitrogens is 1. The summed E-state index contributed by atoms with van der Waals surface area (Å²) < 4.78 is 85.8. The van der Waals surface area contributed by atoms with E-state index in [4.69, 9.17) is 4.42 Å². The number of nitrogens with one attached hydrogen (secondary N) is 2. The van der Waals surface area contributed by atoms with Crippen LogP contribution in [0.15, 0.2) is 70.3 Å². The van der Waals surface area contributed by atoms with Gasteiger partial charge < -0.3 is 20.2 Å². The van der Waals surface area contributed by atoms with E-state index in [0.29, 0.717) is 25.6 Å². The largest absolute Gasteiger partial charge is 0.507 e. The molecular weight excluding hydrogens is 542 g/mol. The number of carbonyl (C=O) groups is 1. The second-order valence-corrected chi connectivity index (χ2v) is 11.0. The Morgan fingerprint density at radius 1 is 1.15 bits per heavy atom. The number of furan rings is 1. The number of rotatable bonds is 6. The highest BCUT2D eigenvalue weighted by molar-refractivity contribution is 7.91. The van der Waals surface area contributed by atoms with Crippen molar-refractivity contribution >= 4 is 26.7 Å². The molecule has 2 aromatic carbocycles. The number of alkyl halides is 3. The summed E-state index contributed by atoms with van der Waals surface area (Å²) in [6.07, 6.45) is -2.87. The number of sulfone groups is 1. The number of hydrogen-bond acceptors (Lipinski definition) is 7. The molecule has 0 saturated carbocycles. The first-order valence-corrected chi connectivity index (χ1v) is 13.3. The van der Waals surface area contributed by atoms with Crippen molar-refractivity contribution in [1.29, 1.82) is 0 Å². The maximum Gasteiger partial charge on any atom is 0.417 e. The molecule has 0 radical (unpaired) electrons. The van der Waals surface area contributed by atoms with Gasteiger partial charge in [-0.1, -0.05) is 12.1 Å². The van der Waals surface area contributed by atoms with E-state index in [1.807, 2.05) is 0 Å². The molecule has 3 N–H and O–H groups in total. The van der Waals surface area contributed by atoms with Gasteiger partial charge in [-0.3, -0.25) is 9.78 Å². The number of phenols is 1. The highest BCUT2D eigenvalue weighted by Gasteiger charge is 2.38. The monoisotopic (exact) mass is 563 g/mol. The Balaban J connectivity index is 1.60. The van der Waals surface area contributed by atoms with Gasteiger partial charge in [0.1, 0.15) is 17.1 Å². The number of para-hydroxylation sites is 1. The number of hydrogen-bond donors (Lipinski definition) is 3. The molecular formula is C26H21F4N3O5S. The maximum atomic E-state index is 13.8. The third kappa shape index (κ3) is 5.19. The zero-order valence-corrected chi connectivity index (χ0v) is 20.8. The lowest BCUT2D eigenvalue weighted by atomic mass is 10.0. The summed E-state index contributed by atoms with van der Waals surface area (Å²) >= 11 is 0. The normalized spacial score (nSPS) is 16.9. The van der Waals surface area contributed by atoms with E-state index in [1.54, 1.807) is 0 Å². The average Bonchev–Trinajstić information content (AvgIpc) is 3.58. The molecule has 1 fully saturated rings. The first-order chi connectivity index (χ1) is 18.4. The van der Waals surface area contributed by atoms with Crippen LogP contribution in [-0.4, -0.2) is 37.0 Å². The number of amides is 1. The topological polar surface area (TPSA) is 122 Å². The van der Waals surface area contributed by atoms with Gasteiger partial charge in [0.05, 0.1) is 17.3 Å². The first kappa shape index (κ1) is 26.6. The summed E-state index contributed by atoms with van der Waals surface area (Å²) in [5.41, 5.74) is -1.28. The molecule has 2 atom stereocenters. The minimum absolute atomic E-state index is 0.0542. The standard InChI is InChI=1S/C26H21F4N3O5S/c27-16-7-9-21-14(11-16)12-22(38-21)39(36,37)25(33-24(35)20-5-2-10-31-20)18-4-1-3-17(23(18)34)19-8-6-15(13-32-19)26(28,29)30/h1,3-4,6-9,11-13,20,25,31,34H,2,5,10H2,(H,33,35)/t20-,25-/m0/s1. The molecule has 1 saturated heterocycles. The molecule has 8 nitrogen and oxygen atoms in total. The summed E-state index contributed by atoms with van der Waals surface area (Å²) in [6, 6.07) is 9.69. The van der Waals surface area contributed by atoms with E-state index in [-0.39, 0.29) is 27.8 Å². The first-order valence-electron chi connectivity index (χ1n) is 11.8. The second kappa shape index (κ2) is 9.97. The molecule has 1 aliphatic rings. The fourth-order valence-electron chi connectivity index (χ4n) is 4.41. The van der Waals surface area contributed by atoms with Gasteiger partial charge in [0.2, 0.25) is 20.8 Å². The molecule has 0 unspecified atom stereocenters. The van der Waals surface area contributed by atoms with Gasteiger partial charge >= 0.3 is 6.18 Å². The summed E-state index contributed by atoms with van der Waals surface area (Å²) in [6.45, 7) is 0.560. The number of benzene rings is 2. The number of carbonyl (C=O) groups excluding carboxylic acids is 1. The fourth-order valence-corrected chi connectivity index (χ4v) is 5.93. The molecule has 0 aliphatic carbocycles. The molecule has 39 heavy (non-hydrogen) atoms. The number of fused-ring (bicyclic) bond motifs is 1. The van der Waals surface area contributed by atoms with Gasteiger partial charge in [-0.25, -0.2) is 12.8 Å². The third-order valence-corrected chi connectivity index (χ3v) is 8.17. The van der Waals surface area contributed by atoms with E-state index < -0.39 is 55.6 Å². The lowest BCUT2D eigenvalue weighted by Crippen LogP contribution is -2.44. The molecule has 0 bridgehead atoms. The molecule has 1 amide bonds. The van der Waals surface area contributed by atoms with Crippen molar-refractivity contribution in [2.24, 2.45) is 0 Å². The van der Waals surface area contributed by atoms with Crippen LogP contribution in [0.5, 0.6) is 5.75 Å². The van der Waals surface area contributed by atoms with Crippen molar-refractivity contribution in [3.63, 3.8) is 0 Å². The molecule has 2 aromatic heterocycles. The fraction of sp³-hybridized carbons (Fsp3) is 0.231. The van der Waals surface area contributed by atoms with Crippen molar-refractivity contribution in [3.8, 4) is 17.0 Å². The van der Waals surface area contributed by atoms with Crippen molar-refractivity contribution in [3.05, 3.63) is 77.7 Å². The van der Waals surface area contributed by atoms with Crippen LogP contribution in [0.25, 0.3) is 22.2 Å². The van der Waals surface area contributed by atoms with Crippen LogP contribution in [0.4, 0.5) is 17.6 Å². The summed E-state index contributed by atoms with van der Waals surface area (Å²) in [7, 11) is -4.58. The van der Waals surface area contributed by atoms with E-state index in [2.05, 4.69) is 15.6 Å². The quantitative estimate of drug-likeness (QED) is 0.291. The Morgan fingerprint density at radius 2 is 1.95 bits per heavy atom. The van der Waals surface area contributed by atoms with Gasteiger partial charge in [-0.2, -0.15) is 13.2 Å². The number of nitrogens with zero attached hydrogens (tertiary/aromatic N) is 1. The number of pyridine rings is 1. The minimum Gasteiger partial charge on any atom is -0.507 e. The SMILES string of the molecule is O=C(N[C@H](c1cccc(-c2ccc(C(F)(F)F)cn2)c1O)S(=O)(=O)c1cc2cc(F)ccc2o1)[C@@H]1CCCN1. The minimum atomic E-state index is -4.62. The molecule has 13 heteroatoms. The van der Waals surface area contributed by atoms with Gasteiger partial charge in [-0.15, -0.1) is 0 Å². The van der Waals surface area contributed by atoms with Crippen LogP contribution >= 0.6 is 0 Å². The molecule has 204 valence electrons. The lowest BCUT2D eigenvalue weighted by Gasteiger charge is -2.22. The Morgan fingerprint density at radius 3 is 2.62 bits per heavy atom. The van der Waals surface area contributed by atoms with Crippen LogP contribution in [0.2, 0.25) is 0 Å². The average molecular weight is 564 g/mol. The van der Waals surface area contributed by atoms with Crippen LogP contribution in [0.3, 0.4) is 0 Å². The Bertz CT molecular complexity index is 1650. The van der Waals surface area contributed by atoms with Crippen LogP contribution < -0.4 is 10.6 Å². The van der Waals surface area contributed by atoms with Gasteiger partial charge in [0.25, 0.3) is 0 Å². The van der Waals surface area contributed by atoms with Gasteiger partial charge in [0.15, 0.2) is 5.37 Å². The van der Waals surface area contributed by atoms with Gasteiger partial charge in [-0.05, 0) is 55.8 Å². The zero-order valence-electron chi connectivity index (χ0n) is 20.0. The highest BCUT2D eigenvalue weighted by Crippen LogP contribution is 2.40. The predicted octanol–water partition coefficient (Wildman–Crippen LogP) is 4.70. The molecule has 3 heterocycles. The number of phenolic OH excluding ortho intramolecular Hbond substituents is 1. The predicted molar refractivity (Wildman–Crippen MR) is 132 cm³/mol. The van der Waals surface area contributed by atoms with Crippen LogP contribution in [0, 0.1) is 5.82 Å². The Hall–Kier alpha value is -3.97. The zero-order chi connectivity index (χ0) is 27.9.